The summed E-state index contributed by atoms with van der Waals surface area (Å²) in [5.41, 5.74) is 5.42. The largest absolute Gasteiger partial charge is 0.411 e. The first-order valence-corrected chi connectivity index (χ1v) is 19.1. The second kappa shape index (κ2) is 11.0. The lowest BCUT2D eigenvalue weighted by Gasteiger charge is -2.39. The summed E-state index contributed by atoms with van der Waals surface area (Å²) in [6, 6.07) is 16.5. The molecule has 3 aromatic rings. The van der Waals surface area contributed by atoms with Gasteiger partial charge in [-0.05, 0) is 78.8 Å². The van der Waals surface area contributed by atoms with Crippen molar-refractivity contribution in [3.05, 3.63) is 77.1 Å². The highest BCUT2D eigenvalue weighted by atomic mass is 32.2. The number of piperidine rings is 1. The van der Waals surface area contributed by atoms with Gasteiger partial charge in [0.25, 0.3) is 0 Å². The molecule has 2 heterocycles. The van der Waals surface area contributed by atoms with Crippen molar-refractivity contribution in [1.82, 2.24) is 19.9 Å². The Kier molecular flexibility index (Phi) is 8.00. The van der Waals surface area contributed by atoms with Crippen molar-refractivity contribution in [2.75, 3.05) is 24.1 Å². The summed E-state index contributed by atoms with van der Waals surface area (Å²) in [6.45, 7) is 14.2. The zero-order valence-electron chi connectivity index (χ0n) is 24.6. The number of nitrogens with one attached hydrogen (secondary N) is 1. The van der Waals surface area contributed by atoms with Crippen molar-refractivity contribution in [3.8, 4) is 0 Å². The number of fused-ring (bicyclic) bond motifs is 1. The maximum atomic E-state index is 11.6. The van der Waals surface area contributed by atoms with Crippen molar-refractivity contribution in [3.63, 3.8) is 0 Å². The van der Waals surface area contributed by atoms with Gasteiger partial charge in [-0.15, -0.1) is 5.10 Å². The van der Waals surface area contributed by atoms with Crippen LogP contribution in [0.5, 0.6) is 0 Å². The number of benzene rings is 2. The third-order valence-corrected chi connectivity index (χ3v) is 14.0. The van der Waals surface area contributed by atoms with Crippen LogP contribution in [0.2, 0.25) is 18.1 Å². The average Bonchev–Trinajstić information content (AvgIpc) is 3.46. The predicted octanol–water partition coefficient (Wildman–Crippen LogP) is 5.57. The van der Waals surface area contributed by atoms with Crippen LogP contribution in [-0.4, -0.2) is 62.1 Å². The minimum absolute atomic E-state index is 0.0325. The van der Waals surface area contributed by atoms with Crippen LogP contribution in [0.15, 0.2) is 54.7 Å². The van der Waals surface area contributed by atoms with Gasteiger partial charge in [-0.1, -0.05) is 62.4 Å². The lowest BCUT2D eigenvalue weighted by atomic mass is 9.89. The molecule has 40 heavy (non-hydrogen) atoms. The van der Waals surface area contributed by atoms with Crippen LogP contribution >= 0.6 is 0 Å². The van der Waals surface area contributed by atoms with Crippen molar-refractivity contribution < 1.29 is 12.8 Å². The van der Waals surface area contributed by atoms with Gasteiger partial charge in [0.05, 0.1) is 24.3 Å². The van der Waals surface area contributed by atoms with Gasteiger partial charge in [0.1, 0.15) is 6.04 Å². The van der Waals surface area contributed by atoms with E-state index in [4.69, 9.17) is 4.43 Å². The minimum atomic E-state index is -3.29. The second-order valence-corrected chi connectivity index (χ2v) is 19.5. The number of nitrogens with zero attached hydrogens (tertiary/aromatic N) is 4. The highest BCUT2D eigenvalue weighted by Crippen LogP contribution is 2.43. The SMILES string of the molecule is CC(C)(C)[Si](C)(C)O[C@@H]1Cc2ccccc2[C@H]1n1cc(CN2CCC(c3cccc(NS(C)(=O)=O)c3)CC2)nn1. The first kappa shape index (κ1) is 29.0. The molecule has 0 spiro atoms. The number of sulfonamides is 1. The molecule has 0 bridgehead atoms. The Morgan fingerprint density at radius 2 is 1.80 bits per heavy atom. The van der Waals surface area contributed by atoms with E-state index in [-0.39, 0.29) is 17.2 Å². The standard InChI is InChI=1S/C30H43N5O3SSi/c1-30(2,3)40(5,6)38-28-19-24-10-7-8-13-27(24)29(28)35-21-26(31-33-35)20-34-16-14-22(15-17-34)23-11-9-12-25(18-23)32-39(4,36)37/h7-13,18,21-22,28-29,32H,14-17,19-20H2,1-6H3/t28-,29-/m1/s1. The molecule has 216 valence electrons. The Hall–Kier alpha value is -2.53. The zero-order valence-corrected chi connectivity index (χ0v) is 26.4. The number of anilines is 1. The molecule has 0 radical (unpaired) electrons. The average molecular weight is 582 g/mol. The quantitative estimate of drug-likeness (QED) is 0.350. The lowest BCUT2D eigenvalue weighted by Crippen LogP contribution is -2.45. The molecule has 2 aliphatic rings. The Balaban J connectivity index is 1.25. The van der Waals surface area contributed by atoms with Crippen LogP contribution in [0.1, 0.15) is 68.0 Å². The van der Waals surface area contributed by atoms with Crippen LogP contribution in [-0.2, 0) is 27.4 Å². The summed E-state index contributed by atoms with van der Waals surface area (Å²) >= 11 is 0. The summed E-state index contributed by atoms with van der Waals surface area (Å²) in [5.74, 6) is 0.413. The first-order valence-electron chi connectivity index (χ1n) is 14.3. The Bertz CT molecular complexity index is 1440. The van der Waals surface area contributed by atoms with Gasteiger partial charge < -0.3 is 4.43 Å². The van der Waals surface area contributed by atoms with Gasteiger partial charge in [0.15, 0.2) is 8.32 Å². The number of hydrogen-bond donors (Lipinski definition) is 1. The Morgan fingerprint density at radius 3 is 2.50 bits per heavy atom. The predicted molar refractivity (Wildman–Crippen MR) is 163 cm³/mol. The van der Waals surface area contributed by atoms with Crippen molar-refractivity contribution in [2.24, 2.45) is 0 Å². The molecule has 0 amide bonds. The summed E-state index contributed by atoms with van der Waals surface area (Å²) in [6.07, 6.45) is 6.29. The van der Waals surface area contributed by atoms with Gasteiger partial charge in [-0.2, -0.15) is 0 Å². The summed E-state index contributed by atoms with van der Waals surface area (Å²) in [5, 5.41) is 9.35. The molecular formula is C30H43N5O3SSi. The van der Waals surface area contributed by atoms with Gasteiger partial charge in [-0.25, -0.2) is 13.1 Å². The number of rotatable bonds is 8. The fourth-order valence-corrected chi connectivity index (χ4v) is 7.63. The van der Waals surface area contributed by atoms with Crippen LogP contribution in [0.3, 0.4) is 0 Å². The number of aromatic nitrogens is 3. The fraction of sp³-hybridized carbons (Fsp3) is 0.533. The van der Waals surface area contributed by atoms with Gasteiger partial charge in [0.2, 0.25) is 10.0 Å². The monoisotopic (exact) mass is 581 g/mol. The molecule has 0 saturated carbocycles. The maximum absolute atomic E-state index is 11.6. The van der Waals surface area contributed by atoms with E-state index in [1.165, 1.54) is 22.9 Å². The van der Waals surface area contributed by atoms with E-state index >= 15 is 0 Å². The lowest BCUT2D eigenvalue weighted by molar-refractivity contribution is 0.145. The third-order valence-electron chi connectivity index (χ3n) is 8.88. The topological polar surface area (TPSA) is 89.4 Å². The van der Waals surface area contributed by atoms with Crippen molar-refractivity contribution in [1.29, 1.82) is 0 Å². The van der Waals surface area contributed by atoms with E-state index < -0.39 is 18.3 Å². The highest BCUT2D eigenvalue weighted by Gasteiger charge is 2.44. The third kappa shape index (κ3) is 6.51. The van der Waals surface area contributed by atoms with Crippen molar-refractivity contribution >= 4 is 24.0 Å². The molecule has 1 aromatic heterocycles. The molecule has 2 atom stereocenters. The molecule has 10 heteroatoms. The van der Waals surface area contributed by atoms with Crippen molar-refractivity contribution in [2.45, 2.75) is 82.8 Å². The van der Waals surface area contributed by atoms with Gasteiger partial charge in [0, 0.05) is 18.7 Å². The first-order chi connectivity index (χ1) is 18.8. The number of likely N-dealkylation sites (tertiary alicyclic amines) is 1. The molecule has 1 fully saturated rings. The molecule has 0 unspecified atom stereocenters. The van der Waals surface area contributed by atoms with E-state index in [1.807, 2.05) is 16.8 Å². The summed E-state index contributed by atoms with van der Waals surface area (Å²) < 4.78 is 34.9. The van der Waals surface area contributed by atoms with E-state index in [1.54, 1.807) is 6.07 Å². The molecular weight excluding hydrogens is 539 g/mol. The molecule has 8 nitrogen and oxygen atoms in total. The smallest absolute Gasteiger partial charge is 0.229 e. The van der Waals surface area contributed by atoms with Gasteiger partial charge in [-0.3, -0.25) is 9.62 Å². The maximum Gasteiger partial charge on any atom is 0.229 e. The van der Waals surface area contributed by atoms with Crippen LogP contribution < -0.4 is 4.72 Å². The van der Waals surface area contributed by atoms with E-state index in [9.17, 15) is 8.42 Å². The minimum Gasteiger partial charge on any atom is -0.411 e. The molecule has 1 N–H and O–H groups in total. The second-order valence-electron chi connectivity index (χ2n) is 13.0. The highest BCUT2D eigenvalue weighted by molar-refractivity contribution is 7.92. The van der Waals surface area contributed by atoms with E-state index in [0.717, 1.165) is 44.6 Å². The summed E-state index contributed by atoms with van der Waals surface area (Å²) in [4.78, 5) is 2.44. The Morgan fingerprint density at radius 1 is 1.07 bits per heavy atom. The van der Waals surface area contributed by atoms with E-state index in [0.29, 0.717) is 11.6 Å². The molecule has 5 rings (SSSR count). The van der Waals surface area contributed by atoms with E-state index in [2.05, 4.69) is 90.3 Å². The zero-order chi connectivity index (χ0) is 28.7. The van der Waals surface area contributed by atoms with Gasteiger partial charge >= 0.3 is 0 Å². The Labute approximate surface area is 240 Å². The van der Waals surface area contributed by atoms with Crippen LogP contribution in [0.4, 0.5) is 5.69 Å². The number of hydrogen-bond acceptors (Lipinski definition) is 6. The fourth-order valence-electron chi connectivity index (χ4n) is 5.76. The molecule has 1 aliphatic heterocycles. The normalized spacial score (nSPS) is 20.9. The molecule has 1 aliphatic carbocycles. The summed E-state index contributed by atoms with van der Waals surface area (Å²) in [7, 11) is -5.25. The molecule has 1 saturated heterocycles. The van der Waals surface area contributed by atoms with Crippen LogP contribution in [0.25, 0.3) is 0 Å². The van der Waals surface area contributed by atoms with Crippen LogP contribution in [0, 0.1) is 0 Å². The molecule has 2 aromatic carbocycles.